The van der Waals surface area contributed by atoms with Gasteiger partial charge in [0.15, 0.2) is 0 Å². The van der Waals surface area contributed by atoms with Crippen LogP contribution >= 0.6 is 0 Å². The molecule has 0 atom stereocenters. The molecule has 2 heterocycles. The lowest BCUT2D eigenvalue weighted by molar-refractivity contribution is 0.533. The van der Waals surface area contributed by atoms with Crippen LogP contribution in [0.4, 0.5) is 0 Å². The van der Waals surface area contributed by atoms with E-state index in [9.17, 15) is 0 Å². The minimum absolute atomic E-state index is 1.21. The van der Waals surface area contributed by atoms with Crippen LogP contribution < -0.4 is 0 Å². The van der Waals surface area contributed by atoms with Gasteiger partial charge in [-0.05, 0) is 25.3 Å². The summed E-state index contributed by atoms with van der Waals surface area (Å²) < 4.78 is 2.30. The molecule has 1 nitrogen and oxygen atoms in total. The first kappa shape index (κ1) is 5.10. The third-order valence-corrected chi connectivity index (χ3v) is 1.93. The molecule has 0 unspecified atom stereocenters. The van der Waals surface area contributed by atoms with E-state index in [0.717, 1.165) is 0 Å². The highest BCUT2D eigenvalue weighted by atomic mass is 15.0. The molecule has 1 aromatic rings. The Kier molecular flexibility index (Phi) is 1.08. The summed E-state index contributed by atoms with van der Waals surface area (Å²) in [5, 5.41) is 0. The Hall–Kier alpha value is -0.720. The molecular formula is C8H10N. The second kappa shape index (κ2) is 1.90. The van der Waals surface area contributed by atoms with Gasteiger partial charge in [-0.2, -0.15) is 0 Å². The van der Waals surface area contributed by atoms with E-state index in [0.29, 0.717) is 0 Å². The van der Waals surface area contributed by atoms with Crippen molar-refractivity contribution in [1.29, 1.82) is 0 Å². The van der Waals surface area contributed by atoms with Crippen molar-refractivity contribution in [1.82, 2.24) is 4.57 Å². The summed E-state index contributed by atoms with van der Waals surface area (Å²) in [5.74, 6) is 0. The Morgan fingerprint density at radius 1 is 1.44 bits per heavy atom. The molecule has 0 amide bonds. The first-order valence-corrected chi connectivity index (χ1v) is 3.52. The fourth-order valence-electron chi connectivity index (χ4n) is 1.40. The normalized spacial score (nSPS) is 17.3. The Morgan fingerprint density at radius 3 is 3.33 bits per heavy atom. The van der Waals surface area contributed by atoms with Gasteiger partial charge in [0.05, 0.1) is 0 Å². The lowest BCUT2D eigenvalue weighted by Gasteiger charge is -2.13. The predicted octanol–water partition coefficient (Wildman–Crippen LogP) is 1.62. The van der Waals surface area contributed by atoms with Gasteiger partial charge in [-0.1, -0.05) is 0 Å². The minimum Gasteiger partial charge on any atom is -0.351 e. The van der Waals surface area contributed by atoms with E-state index in [1.165, 1.54) is 31.5 Å². The van der Waals surface area contributed by atoms with Crippen molar-refractivity contribution in [2.24, 2.45) is 0 Å². The van der Waals surface area contributed by atoms with Crippen LogP contribution in [0.1, 0.15) is 18.5 Å². The highest BCUT2D eigenvalue weighted by Gasteiger charge is 2.05. The Labute approximate surface area is 55.3 Å². The maximum Gasteiger partial charge on any atom is 0.0222 e. The number of aromatic nitrogens is 1. The summed E-state index contributed by atoms with van der Waals surface area (Å²) in [6.45, 7) is 1.21. The predicted molar refractivity (Wildman–Crippen MR) is 36.2 cm³/mol. The van der Waals surface area contributed by atoms with Crippen LogP contribution in [0.5, 0.6) is 0 Å². The SMILES string of the molecule is [c]1cc2n(c1)CCCC2. The van der Waals surface area contributed by atoms with Gasteiger partial charge in [-0.25, -0.2) is 0 Å². The first-order chi connectivity index (χ1) is 4.47. The van der Waals surface area contributed by atoms with Gasteiger partial charge in [0.25, 0.3) is 0 Å². The van der Waals surface area contributed by atoms with E-state index in [-0.39, 0.29) is 0 Å². The van der Waals surface area contributed by atoms with E-state index in [1.807, 2.05) is 0 Å². The molecule has 0 saturated carbocycles. The minimum atomic E-state index is 1.21. The zero-order valence-electron chi connectivity index (χ0n) is 5.43. The number of hydrogen-bond acceptors (Lipinski definition) is 0. The third-order valence-electron chi connectivity index (χ3n) is 1.93. The topological polar surface area (TPSA) is 4.93 Å². The van der Waals surface area contributed by atoms with Gasteiger partial charge < -0.3 is 4.57 Å². The average molecular weight is 120 g/mol. The number of aryl methyl sites for hydroxylation is 2. The monoisotopic (exact) mass is 120 g/mol. The van der Waals surface area contributed by atoms with Gasteiger partial charge in [0.2, 0.25) is 0 Å². The van der Waals surface area contributed by atoms with Crippen LogP contribution in [0.2, 0.25) is 0 Å². The molecule has 1 aliphatic rings. The van der Waals surface area contributed by atoms with E-state index in [2.05, 4.69) is 22.9 Å². The molecule has 0 fully saturated rings. The second-order valence-corrected chi connectivity index (χ2v) is 2.58. The first-order valence-electron chi connectivity index (χ1n) is 3.52. The molecule has 2 rings (SSSR count). The maximum atomic E-state index is 3.10. The van der Waals surface area contributed by atoms with Crippen LogP contribution in [0.3, 0.4) is 0 Å². The van der Waals surface area contributed by atoms with E-state index in [4.69, 9.17) is 0 Å². The van der Waals surface area contributed by atoms with Crippen molar-refractivity contribution in [3.05, 3.63) is 24.0 Å². The number of nitrogens with zero attached hydrogens (tertiary/aromatic N) is 1. The fourth-order valence-corrected chi connectivity index (χ4v) is 1.40. The van der Waals surface area contributed by atoms with Crippen molar-refractivity contribution < 1.29 is 0 Å². The molecule has 9 heavy (non-hydrogen) atoms. The number of rotatable bonds is 0. The molecule has 0 bridgehead atoms. The van der Waals surface area contributed by atoms with Crippen molar-refractivity contribution in [2.75, 3.05) is 0 Å². The van der Waals surface area contributed by atoms with Crippen LogP contribution in [-0.2, 0) is 13.0 Å². The van der Waals surface area contributed by atoms with E-state index >= 15 is 0 Å². The largest absolute Gasteiger partial charge is 0.351 e. The highest BCUT2D eigenvalue weighted by Crippen LogP contribution is 2.13. The van der Waals surface area contributed by atoms with E-state index in [1.54, 1.807) is 0 Å². The van der Waals surface area contributed by atoms with Gasteiger partial charge >= 0.3 is 0 Å². The Morgan fingerprint density at radius 2 is 2.44 bits per heavy atom. The smallest absolute Gasteiger partial charge is 0.0222 e. The molecule has 1 radical (unpaired) electrons. The van der Waals surface area contributed by atoms with Gasteiger partial charge in [-0.15, -0.1) is 0 Å². The van der Waals surface area contributed by atoms with E-state index < -0.39 is 0 Å². The second-order valence-electron chi connectivity index (χ2n) is 2.58. The van der Waals surface area contributed by atoms with Gasteiger partial charge in [0, 0.05) is 24.5 Å². The summed E-state index contributed by atoms with van der Waals surface area (Å²) in [6.07, 6.45) is 6.01. The number of hydrogen-bond donors (Lipinski definition) is 0. The zero-order valence-corrected chi connectivity index (χ0v) is 5.43. The quantitative estimate of drug-likeness (QED) is 0.490. The molecule has 1 aromatic heterocycles. The Bertz CT molecular complexity index is 180. The number of fused-ring (bicyclic) bond motifs is 1. The van der Waals surface area contributed by atoms with Gasteiger partial charge in [-0.3, -0.25) is 0 Å². The molecule has 0 aromatic carbocycles. The summed E-state index contributed by atoms with van der Waals surface area (Å²) in [6, 6.07) is 5.20. The van der Waals surface area contributed by atoms with Crippen LogP contribution in [0.15, 0.2) is 12.3 Å². The maximum absolute atomic E-state index is 3.10. The van der Waals surface area contributed by atoms with Gasteiger partial charge in [0.1, 0.15) is 0 Å². The van der Waals surface area contributed by atoms with Crippen molar-refractivity contribution >= 4 is 0 Å². The molecular weight excluding hydrogens is 110 g/mol. The zero-order chi connectivity index (χ0) is 6.10. The Balaban J connectivity index is 2.39. The molecule has 0 spiro atoms. The molecule has 47 valence electrons. The lowest BCUT2D eigenvalue weighted by Crippen LogP contribution is -2.07. The molecule has 0 saturated heterocycles. The summed E-state index contributed by atoms with van der Waals surface area (Å²) >= 11 is 0. The highest BCUT2D eigenvalue weighted by molar-refractivity contribution is 5.07. The molecule has 1 heteroatoms. The van der Waals surface area contributed by atoms with Crippen molar-refractivity contribution in [2.45, 2.75) is 25.8 Å². The third kappa shape index (κ3) is 0.766. The summed E-state index contributed by atoms with van der Waals surface area (Å²) in [7, 11) is 0. The molecule has 0 aliphatic carbocycles. The van der Waals surface area contributed by atoms with Crippen LogP contribution in [0.25, 0.3) is 0 Å². The lowest BCUT2D eigenvalue weighted by atomic mass is 10.1. The average Bonchev–Trinajstić information content (AvgIpc) is 2.33. The summed E-state index contributed by atoms with van der Waals surface area (Å²) in [5.41, 5.74) is 1.46. The standard InChI is InChI=1S/C8H10N/c1-2-6-9-7-3-5-8(9)4-1/h5,7H,1-2,4,6H2. The fraction of sp³-hybridized carbons (Fsp3) is 0.500. The summed E-state index contributed by atoms with van der Waals surface area (Å²) in [4.78, 5) is 0. The van der Waals surface area contributed by atoms with Crippen LogP contribution in [0, 0.1) is 6.07 Å². The van der Waals surface area contributed by atoms with Crippen molar-refractivity contribution in [3.63, 3.8) is 0 Å². The molecule has 0 N–H and O–H groups in total. The molecule has 1 aliphatic heterocycles. The van der Waals surface area contributed by atoms with Crippen LogP contribution in [-0.4, -0.2) is 4.57 Å². The van der Waals surface area contributed by atoms with Crippen molar-refractivity contribution in [3.8, 4) is 0 Å².